The molecule has 0 unspecified atom stereocenters. The van der Waals surface area contributed by atoms with Gasteiger partial charge in [-0.1, -0.05) is 77.1 Å². The minimum atomic E-state index is -4.20. The predicted molar refractivity (Wildman–Crippen MR) is 215 cm³/mol. The van der Waals surface area contributed by atoms with Gasteiger partial charge in [-0.05, 0) is 79.5 Å². The number of carbonyl (C=O) groups excluding carboxylic acids is 1. The summed E-state index contributed by atoms with van der Waals surface area (Å²) in [5.41, 5.74) is 6.36. The molecular formula is C43H54N6O5S. The average molecular weight is 767 g/mol. The van der Waals surface area contributed by atoms with E-state index in [2.05, 4.69) is 55.5 Å². The third-order valence-corrected chi connectivity index (χ3v) is 12.4. The highest BCUT2D eigenvalue weighted by molar-refractivity contribution is 7.92. The lowest BCUT2D eigenvalue weighted by Crippen LogP contribution is -2.45. The van der Waals surface area contributed by atoms with Crippen molar-refractivity contribution in [1.29, 1.82) is 0 Å². The summed E-state index contributed by atoms with van der Waals surface area (Å²) in [6.07, 6.45) is 9.56. The number of nitrogens with zero attached hydrogens (tertiary/aromatic N) is 5. The Balaban J connectivity index is 1.31. The standard InChI is InChI=1S/C43H54N6O5S/c1-29-11-9-14-32(23-31-12-7-6-8-13-31)38(29)39-30(2)40-46-42(45-39)47-55(51,52)37-16-10-15-33(24-37)41(50)49(36(28-54-40)25-43(3,4)5)27-34-17-18-35(26-44-34)48-19-21-53-22-20-48/h9-11,14-18,24,26,31,36H,6-8,12-13,19-23,25,27-28H2,1-5H3,(H,45,46,47)/t36-/m1/s1. The minimum absolute atomic E-state index is 0.0556. The van der Waals surface area contributed by atoms with Gasteiger partial charge in [0.25, 0.3) is 15.9 Å². The van der Waals surface area contributed by atoms with Crippen LogP contribution >= 0.6 is 0 Å². The molecule has 4 heterocycles. The number of carbonyl (C=O) groups is 1. The van der Waals surface area contributed by atoms with Crippen molar-refractivity contribution in [2.45, 2.75) is 97.0 Å². The largest absolute Gasteiger partial charge is 0.475 e. The molecule has 4 bridgehead atoms. The molecule has 2 aromatic carbocycles. The SMILES string of the molecule is Cc1cccc(CC2CCCCC2)c1-c1nc2nc(c1C)OC[C@@H](CC(C)(C)C)N(Cc1ccc(N3CCOCC3)cn1)C(=O)c1cccc(c1)S(=O)(=O)N2. The number of anilines is 2. The lowest BCUT2D eigenvalue weighted by Gasteiger charge is -2.36. The Bertz CT molecular complexity index is 2110. The normalized spacial score (nSPS) is 19.4. The van der Waals surface area contributed by atoms with Crippen molar-refractivity contribution < 1.29 is 22.7 Å². The van der Waals surface area contributed by atoms with Gasteiger partial charge >= 0.3 is 0 Å². The highest BCUT2D eigenvalue weighted by Gasteiger charge is 2.32. The molecule has 2 aromatic heterocycles. The number of pyridine rings is 1. The number of hydrogen-bond donors (Lipinski definition) is 1. The highest BCUT2D eigenvalue weighted by atomic mass is 32.2. The highest BCUT2D eigenvalue weighted by Crippen LogP contribution is 2.37. The first-order chi connectivity index (χ1) is 26.3. The van der Waals surface area contributed by atoms with Crippen molar-refractivity contribution in [3.8, 4) is 17.1 Å². The molecule has 1 atom stereocenters. The predicted octanol–water partition coefficient (Wildman–Crippen LogP) is 7.76. The number of amides is 1. The zero-order valence-corrected chi connectivity index (χ0v) is 33.6. The van der Waals surface area contributed by atoms with Crippen LogP contribution in [0.1, 0.15) is 92.0 Å². The van der Waals surface area contributed by atoms with Gasteiger partial charge in [0.2, 0.25) is 11.8 Å². The maximum Gasteiger partial charge on any atom is 0.264 e. The van der Waals surface area contributed by atoms with E-state index in [0.29, 0.717) is 42.5 Å². The number of morpholine rings is 1. The molecule has 2 aliphatic heterocycles. The number of aromatic nitrogens is 3. The Morgan fingerprint density at radius 2 is 1.71 bits per heavy atom. The zero-order chi connectivity index (χ0) is 38.7. The van der Waals surface area contributed by atoms with Gasteiger partial charge in [0.05, 0.1) is 54.0 Å². The van der Waals surface area contributed by atoms with E-state index in [1.54, 1.807) is 17.0 Å². The smallest absolute Gasteiger partial charge is 0.264 e. The summed E-state index contributed by atoms with van der Waals surface area (Å²) in [5, 5.41) is 0. The van der Waals surface area contributed by atoms with Gasteiger partial charge in [-0.25, -0.2) is 18.1 Å². The van der Waals surface area contributed by atoms with Crippen LogP contribution in [0, 0.1) is 25.2 Å². The van der Waals surface area contributed by atoms with Gasteiger partial charge in [-0.2, -0.15) is 4.98 Å². The second-order valence-corrected chi connectivity index (χ2v) is 18.2. The second-order valence-electron chi connectivity index (χ2n) is 16.5. The van der Waals surface area contributed by atoms with Crippen LogP contribution in [-0.2, 0) is 27.7 Å². The van der Waals surface area contributed by atoms with Gasteiger partial charge in [0.15, 0.2) is 0 Å². The lowest BCUT2D eigenvalue weighted by atomic mass is 9.82. The van der Waals surface area contributed by atoms with Crippen LogP contribution in [0.25, 0.3) is 11.3 Å². The number of nitrogens with one attached hydrogen (secondary N) is 1. The molecule has 11 nitrogen and oxygen atoms in total. The Morgan fingerprint density at radius 3 is 2.44 bits per heavy atom. The van der Waals surface area contributed by atoms with E-state index in [1.807, 2.05) is 25.3 Å². The number of fused-ring (bicyclic) bond motifs is 4. The van der Waals surface area contributed by atoms with E-state index in [1.165, 1.54) is 49.8 Å². The number of hydrogen-bond acceptors (Lipinski definition) is 9. The number of rotatable bonds is 7. The van der Waals surface area contributed by atoms with Crippen LogP contribution in [0.2, 0.25) is 0 Å². The fourth-order valence-corrected chi connectivity index (χ4v) is 9.20. The second kappa shape index (κ2) is 16.3. The van der Waals surface area contributed by atoms with Crippen molar-refractivity contribution >= 4 is 27.6 Å². The van der Waals surface area contributed by atoms with Crippen LogP contribution in [-0.4, -0.2) is 73.1 Å². The Kier molecular flexibility index (Phi) is 11.5. The Hall–Kier alpha value is -4.55. The van der Waals surface area contributed by atoms with Crippen molar-refractivity contribution in [3.05, 3.63) is 88.7 Å². The summed E-state index contributed by atoms with van der Waals surface area (Å²) >= 11 is 0. The molecule has 292 valence electrons. The molecule has 0 spiro atoms. The number of ether oxygens (including phenoxy) is 2. The van der Waals surface area contributed by atoms with Gasteiger partial charge in [0, 0.05) is 29.8 Å². The molecule has 55 heavy (non-hydrogen) atoms. The van der Waals surface area contributed by atoms with Crippen molar-refractivity contribution in [3.63, 3.8) is 0 Å². The van der Waals surface area contributed by atoms with Crippen LogP contribution in [0.5, 0.6) is 5.88 Å². The van der Waals surface area contributed by atoms with E-state index in [-0.39, 0.29) is 46.8 Å². The minimum Gasteiger partial charge on any atom is -0.475 e. The summed E-state index contributed by atoms with van der Waals surface area (Å²) in [6.45, 7) is 13.7. The summed E-state index contributed by atoms with van der Waals surface area (Å²) in [4.78, 5) is 33.0. The average Bonchev–Trinajstić information content (AvgIpc) is 3.17. The Morgan fingerprint density at radius 1 is 0.945 bits per heavy atom. The third kappa shape index (κ3) is 9.13. The molecule has 2 fully saturated rings. The lowest BCUT2D eigenvalue weighted by molar-refractivity contribution is 0.0508. The van der Waals surface area contributed by atoms with Crippen LogP contribution in [0.3, 0.4) is 0 Å². The van der Waals surface area contributed by atoms with E-state index in [9.17, 15) is 13.2 Å². The number of benzene rings is 2. The molecule has 3 aliphatic rings. The first kappa shape index (κ1) is 38.7. The van der Waals surface area contributed by atoms with Crippen molar-refractivity contribution in [1.82, 2.24) is 19.9 Å². The number of sulfonamides is 1. The number of aryl methyl sites for hydroxylation is 1. The fourth-order valence-electron chi connectivity index (χ4n) is 8.21. The first-order valence-corrected chi connectivity index (χ1v) is 21.1. The quantitative estimate of drug-likeness (QED) is 0.201. The monoisotopic (exact) mass is 766 g/mol. The van der Waals surface area contributed by atoms with E-state index >= 15 is 0 Å². The maximum atomic E-state index is 14.6. The summed E-state index contributed by atoms with van der Waals surface area (Å²) in [6, 6.07) is 16.1. The molecular weight excluding hydrogens is 713 g/mol. The Labute approximate surface area is 325 Å². The van der Waals surface area contributed by atoms with Gasteiger partial charge < -0.3 is 19.3 Å². The summed E-state index contributed by atoms with van der Waals surface area (Å²) < 4.78 is 42.9. The van der Waals surface area contributed by atoms with Gasteiger partial charge in [0.1, 0.15) is 6.61 Å². The molecule has 1 N–H and O–H groups in total. The molecule has 12 heteroatoms. The molecule has 1 saturated carbocycles. The van der Waals surface area contributed by atoms with Crippen molar-refractivity contribution in [2.75, 3.05) is 42.5 Å². The van der Waals surface area contributed by atoms with Crippen molar-refractivity contribution in [2.24, 2.45) is 11.3 Å². The fraction of sp³-hybridized carbons (Fsp3) is 0.488. The summed E-state index contributed by atoms with van der Waals surface area (Å²) in [5.74, 6) is 0.480. The van der Waals surface area contributed by atoms with Crippen LogP contribution < -0.4 is 14.4 Å². The van der Waals surface area contributed by atoms with Crippen LogP contribution in [0.4, 0.5) is 11.6 Å². The van der Waals surface area contributed by atoms with Gasteiger partial charge in [-0.15, -0.1) is 0 Å². The molecule has 1 saturated heterocycles. The summed E-state index contributed by atoms with van der Waals surface area (Å²) in [7, 11) is -4.20. The van der Waals surface area contributed by atoms with Gasteiger partial charge in [-0.3, -0.25) is 9.78 Å². The molecule has 1 aliphatic carbocycles. The maximum absolute atomic E-state index is 14.6. The van der Waals surface area contributed by atoms with Crippen LogP contribution in [0.15, 0.2) is 65.7 Å². The van der Waals surface area contributed by atoms with E-state index in [0.717, 1.165) is 36.3 Å². The molecule has 0 radical (unpaired) electrons. The van der Waals surface area contributed by atoms with E-state index < -0.39 is 16.1 Å². The van der Waals surface area contributed by atoms with E-state index in [4.69, 9.17) is 24.4 Å². The third-order valence-electron chi connectivity index (χ3n) is 11.0. The zero-order valence-electron chi connectivity index (χ0n) is 32.8. The molecule has 1 amide bonds. The first-order valence-electron chi connectivity index (χ1n) is 19.7. The molecule has 7 rings (SSSR count). The molecule has 4 aromatic rings. The topological polar surface area (TPSA) is 127 Å².